The first-order valence-corrected chi connectivity index (χ1v) is 3.50. The van der Waals surface area contributed by atoms with Crippen LogP contribution in [0.15, 0.2) is 29.3 Å². The fraction of sp³-hybridized carbons (Fsp3) is 0.111. The SMILES string of the molecule is O=C1CN=Cc2ccccc21. The van der Waals surface area contributed by atoms with Crippen LogP contribution in [-0.2, 0) is 0 Å². The third kappa shape index (κ3) is 0.963. The van der Waals surface area contributed by atoms with Crippen LogP contribution in [0, 0.1) is 0 Å². The Labute approximate surface area is 64.6 Å². The van der Waals surface area contributed by atoms with Gasteiger partial charge in [-0.2, -0.15) is 0 Å². The molecular formula is C9H7NO. The third-order valence-corrected chi connectivity index (χ3v) is 1.73. The van der Waals surface area contributed by atoms with Gasteiger partial charge in [-0.15, -0.1) is 0 Å². The maximum absolute atomic E-state index is 11.2. The van der Waals surface area contributed by atoms with E-state index in [9.17, 15) is 4.79 Å². The van der Waals surface area contributed by atoms with Gasteiger partial charge in [-0.3, -0.25) is 9.79 Å². The predicted octanol–water partition coefficient (Wildman–Crippen LogP) is 1.30. The zero-order chi connectivity index (χ0) is 7.68. The molecule has 0 unspecified atom stereocenters. The number of rotatable bonds is 0. The standard InChI is InChI=1S/C9H7NO/c11-9-6-10-5-7-3-1-2-4-8(7)9/h1-5H,6H2. The van der Waals surface area contributed by atoms with Crippen molar-refractivity contribution in [3.05, 3.63) is 35.4 Å². The van der Waals surface area contributed by atoms with Crippen LogP contribution in [-0.4, -0.2) is 18.5 Å². The van der Waals surface area contributed by atoms with Crippen LogP contribution in [0.1, 0.15) is 15.9 Å². The molecule has 1 aromatic carbocycles. The van der Waals surface area contributed by atoms with E-state index in [4.69, 9.17) is 0 Å². The maximum Gasteiger partial charge on any atom is 0.184 e. The van der Waals surface area contributed by atoms with Gasteiger partial charge in [0, 0.05) is 17.3 Å². The average Bonchev–Trinajstić information content (AvgIpc) is 2.06. The summed E-state index contributed by atoms with van der Waals surface area (Å²) < 4.78 is 0. The van der Waals surface area contributed by atoms with E-state index in [-0.39, 0.29) is 5.78 Å². The highest BCUT2D eigenvalue weighted by atomic mass is 16.1. The molecule has 0 N–H and O–H groups in total. The summed E-state index contributed by atoms with van der Waals surface area (Å²) in [5.41, 5.74) is 1.73. The number of carbonyl (C=O) groups is 1. The summed E-state index contributed by atoms with van der Waals surface area (Å²) >= 11 is 0. The number of nitrogens with zero attached hydrogens (tertiary/aromatic N) is 1. The van der Waals surface area contributed by atoms with Gasteiger partial charge < -0.3 is 0 Å². The lowest BCUT2D eigenvalue weighted by atomic mass is 10.0. The lowest BCUT2D eigenvalue weighted by Gasteiger charge is -2.06. The van der Waals surface area contributed by atoms with Crippen molar-refractivity contribution >= 4 is 12.0 Å². The highest BCUT2D eigenvalue weighted by Gasteiger charge is 2.11. The first-order valence-electron chi connectivity index (χ1n) is 3.50. The van der Waals surface area contributed by atoms with E-state index >= 15 is 0 Å². The van der Waals surface area contributed by atoms with Crippen LogP contribution in [0.25, 0.3) is 0 Å². The summed E-state index contributed by atoms with van der Waals surface area (Å²) in [4.78, 5) is 15.1. The first-order chi connectivity index (χ1) is 5.38. The zero-order valence-corrected chi connectivity index (χ0v) is 5.95. The molecule has 1 aromatic rings. The molecule has 0 bridgehead atoms. The molecule has 2 nitrogen and oxygen atoms in total. The molecule has 0 aromatic heterocycles. The van der Waals surface area contributed by atoms with Gasteiger partial charge in [-0.25, -0.2) is 0 Å². The molecule has 2 heteroatoms. The molecule has 1 aliphatic heterocycles. The van der Waals surface area contributed by atoms with Gasteiger partial charge >= 0.3 is 0 Å². The van der Waals surface area contributed by atoms with Gasteiger partial charge in [-0.1, -0.05) is 24.3 Å². The van der Waals surface area contributed by atoms with Gasteiger partial charge in [0.25, 0.3) is 0 Å². The van der Waals surface area contributed by atoms with E-state index in [1.807, 2.05) is 24.3 Å². The molecule has 1 heterocycles. The molecule has 0 fully saturated rings. The quantitative estimate of drug-likeness (QED) is 0.541. The average molecular weight is 145 g/mol. The Morgan fingerprint density at radius 1 is 1.27 bits per heavy atom. The topological polar surface area (TPSA) is 29.4 Å². The molecule has 2 rings (SSSR count). The molecule has 11 heavy (non-hydrogen) atoms. The third-order valence-electron chi connectivity index (χ3n) is 1.73. The maximum atomic E-state index is 11.2. The van der Waals surface area contributed by atoms with Gasteiger partial charge in [0.1, 0.15) is 6.54 Å². The van der Waals surface area contributed by atoms with Crippen molar-refractivity contribution in [2.75, 3.05) is 6.54 Å². The predicted molar refractivity (Wildman–Crippen MR) is 43.2 cm³/mol. The van der Waals surface area contributed by atoms with E-state index < -0.39 is 0 Å². The Kier molecular flexibility index (Phi) is 1.32. The lowest BCUT2D eigenvalue weighted by Crippen LogP contribution is -2.11. The lowest BCUT2D eigenvalue weighted by molar-refractivity contribution is 0.100. The van der Waals surface area contributed by atoms with Gasteiger partial charge in [0.05, 0.1) is 0 Å². The van der Waals surface area contributed by atoms with Crippen molar-refractivity contribution in [3.63, 3.8) is 0 Å². The molecule has 54 valence electrons. The number of Topliss-reactive ketones (excluding diaryl/α,β-unsaturated/α-hetero) is 1. The molecule has 1 aliphatic rings. The van der Waals surface area contributed by atoms with Crippen molar-refractivity contribution in [2.24, 2.45) is 4.99 Å². The molecule has 0 aliphatic carbocycles. The minimum Gasteiger partial charge on any atom is -0.292 e. The van der Waals surface area contributed by atoms with Crippen LogP contribution in [0.3, 0.4) is 0 Å². The van der Waals surface area contributed by atoms with Gasteiger partial charge in [0.2, 0.25) is 0 Å². The zero-order valence-electron chi connectivity index (χ0n) is 5.95. The Hall–Kier alpha value is -1.44. The van der Waals surface area contributed by atoms with E-state index in [0.717, 1.165) is 11.1 Å². The highest BCUT2D eigenvalue weighted by Crippen LogP contribution is 2.10. The largest absolute Gasteiger partial charge is 0.292 e. The summed E-state index contributed by atoms with van der Waals surface area (Å²) in [6.07, 6.45) is 1.75. The molecule has 0 saturated heterocycles. The summed E-state index contributed by atoms with van der Waals surface area (Å²) in [6, 6.07) is 7.51. The molecule has 0 amide bonds. The highest BCUT2D eigenvalue weighted by molar-refractivity contribution is 6.07. The molecular weight excluding hydrogens is 138 g/mol. The van der Waals surface area contributed by atoms with Crippen molar-refractivity contribution in [1.82, 2.24) is 0 Å². The van der Waals surface area contributed by atoms with Crippen molar-refractivity contribution in [3.8, 4) is 0 Å². The Balaban J connectivity index is 2.63. The van der Waals surface area contributed by atoms with E-state index in [0.29, 0.717) is 6.54 Å². The number of hydrogen-bond acceptors (Lipinski definition) is 2. The first kappa shape index (κ1) is 6.28. The van der Waals surface area contributed by atoms with Crippen molar-refractivity contribution < 1.29 is 4.79 Å². The van der Waals surface area contributed by atoms with E-state index in [1.165, 1.54) is 0 Å². The van der Waals surface area contributed by atoms with Crippen molar-refractivity contribution in [2.45, 2.75) is 0 Å². The minimum atomic E-state index is 0.114. The number of ketones is 1. The molecule has 0 radical (unpaired) electrons. The molecule has 0 atom stereocenters. The van der Waals surface area contributed by atoms with E-state index in [1.54, 1.807) is 6.21 Å². The summed E-state index contributed by atoms with van der Waals surface area (Å²) in [5, 5.41) is 0. The van der Waals surface area contributed by atoms with Crippen LogP contribution >= 0.6 is 0 Å². The van der Waals surface area contributed by atoms with Gasteiger partial charge in [-0.05, 0) is 0 Å². The monoisotopic (exact) mass is 145 g/mol. The van der Waals surface area contributed by atoms with Gasteiger partial charge in [0.15, 0.2) is 5.78 Å². The molecule has 0 spiro atoms. The summed E-state index contributed by atoms with van der Waals surface area (Å²) in [5.74, 6) is 0.114. The Bertz CT molecular complexity index is 328. The fourth-order valence-electron chi connectivity index (χ4n) is 1.18. The van der Waals surface area contributed by atoms with Crippen LogP contribution in [0.4, 0.5) is 0 Å². The van der Waals surface area contributed by atoms with Crippen LogP contribution in [0.5, 0.6) is 0 Å². The Morgan fingerprint density at radius 2 is 2.09 bits per heavy atom. The van der Waals surface area contributed by atoms with Crippen molar-refractivity contribution in [1.29, 1.82) is 0 Å². The summed E-state index contributed by atoms with van der Waals surface area (Å²) in [7, 11) is 0. The minimum absolute atomic E-state index is 0.114. The second kappa shape index (κ2) is 2.31. The summed E-state index contributed by atoms with van der Waals surface area (Å²) in [6.45, 7) is 0.303. The smallest absolute Gasteiger partial charge is 0.184 e. The van der Waals surface area contributed by atoms with Crippen LogP contribution < -0.4 is 0 Å². The normalized spacial score (nSPS) is 14.7. The number of benzene rings is 1. The van der Waals surface area contributed by atoms with Crippen LogP contribution in [0.2, 0.25) is 0 Å². The molecule has 0 saturated carbocycles. The fourth-order valence-corrected chi connectivity index (χ4v) is 1.18. The number of fused-ring (bicyclic) bond motifs is 1. The second-order valence-electron chi connectivity index (χ2n) is 2.48. The Morgan fingerprint density at radius 3 is 2.91 bits per heavy atom. The second-order valence-corrected chi connectivity index (χ2v) is 2.48. The van der Waals surface area contributed by atoms with E-state index in [2.05, 4.69) is 4.99 Å². The number of carbonyl (C=O) groups excluding carboxylic acids is 1. The number of hydrogen-bond donors (Lipinski definition) is 0. The number of aliphatic imine (C=N–C) groups is 1.